The van der Waals surface area contributed by atoms with E-state index >= 15 is 0 Å². The van der Waals surface area contributed by atoms with Crippen LogP contribution in [0.5, 0.6) is 0 Å². The van der Waals surface area contributed by atoms with Gasteiger partial charge < -0.3 is 0 Å². The lowest BCUT2D eigenvalue weighted by Gasteiger charge is -2.07. The number of hydrogen-bond donors (Lipinski definition) is 1. The van der Waals surface area contributed by atoms with Gasteiger partial charge in [0.2, 0.25) is 0 Å². The van der Waals surface area contributed by atoms with Crippen LogP contribution < -0.4 is 0 Å². The van der Waals surface area contributed by atoms with Crippen LogP contribution in [-0.4, -0.2) is 14.8 Å². The maximum absolute atomic E-state index is 8.84. The number of H-pyrrole nitrogens is 1. The lowest BCUT2D eigenvalue weighted by molar-refractivity contribution is 0.790. The van der Waals surface area contributed by atoms with Crippen LogP contribution in [0.1, 0.15) is 11.1 Å². The van der Waals surface area contributed by atoms with Crippen LogP contribution in [0, 0.1) is 16.1 Å². The number of nitrogens with one attached hydrogen (secondary N) is 1. The van der Waals surface area contributed by atoms with Crippen LogP contribution in [0.2, 0.25) is 0 Å². The predicted octanol–water partition coefficient (Wildman–Crippen LogP) is 3.53. The summed E-state index contributed by atoms with van der Waals surface area (Å²) in [6.45, 7) is 0.616. The molecule has 0 spiro atoms. The normalized spacial score (nSPS) is 10.2. The van der Waals surface area contributed by atoms with Crippen molar-refractivity contribution in [3.05, 3.63) is 70.5 Å². The third-order valence-electron chi connectivity index (χ3n) is 3.21. The van der Waals surface area contributed by atoms with Crippen molar-refractivity contribution in [1.82, 2.24) is 14.8 Å². The van der Waals surface area contributed by atoms with Gasteiger partial charge in [-0.3, -0.25) is 9.67 Å². The Hall–Kier alpha value is -2.71. The summed E-state index contributed by atoms with van der Waals surface area (Å²) in [5.41, 5.74) is 2.74. The molecule has 102 valence electrons. The van der Waals surface area contributed by atoms with Gasteiger partial charge in [0, 0.05) is 5.56 Å². The fourth-order valence-electron chi connectivity index (χ4n) is 2.14. The molecule has 1 aromatic heterocycles. The molecule has 0 atom stereocenters. The van der Waals surface area contributed by atoms with E-state index < -0.39 is 0 Å². The minimum atomic E-state index is 0.582. The first kappa shape index (κ1) is 13.3. The number of nitriles is 1. The summed E-state index contributed by atoms with van der Waals surface area (Å²) in [4.78, 5) is 0. The van der Waals surface area contributed by atoms with E-state index in [2.05, 4.69) is 16.3 Å². The molecule has 0 unspecified atom stereocenters. The molecule has 2 aromatic carbocycles. The first-order valence-corrected chi connectivity index (χ1v) is 6.88. The lowest BCUT2D eigenvalue weighted by atomic mass is 10.1. The first-order chi connectivity index (χ1) is 10.3. The predicted molar refractivity (Wildman–Crippen MR) is 83.1 cm³/mol. The molecule has 0 saturated carbocycles. The largest absolute Gasteiger partial charge is 0.296 e. The molecule has 1 N–H and O–H groups in total. The molecule has 5 heteroatoms. The van der Waals surface area contributed by atoms with E-state index in [1.807, 2.05) is 47.0 Å². The Morgan fingerprint density at radius 3 is 2.48 bits per heavy atom. The van der Waals surface area contributed by atoms with Crippen LogP contribution >= 0.6 is 12.2 Å². The molecule has 0 aliphatic heterocycles. The van der Waals surface area contributed by atoms with Gasteiger partial charge >= 0.3 is 0 Å². The van der Waals surface area contributed by atoms with Crippen molar-refractivity contribution in [2.45, 2.75) is 6.54 Å². The second kappa shape index (κ2) is 5.73. The zero-order valence-electron chi connectivity index (χ0n) is 11.2. The zero-order chi connectivity index (χ0) is 14.7. The summed E-state index contributed by atoms with van der Waals surface area (Å²) >= 11 is 5.31. The average molecular weight is 292 g/mol. The fourth-order valence-corrected chi connectivity index (χ4v) is 2.34. The highest BCUT2D eigenvalue weighted by atomic mass is 32.1. The second-order valence-corrected chi connectivity index (χ2v) is 5.00. The third kappa shape index (κ3) is 2.76. The van der Waals surface area contributed by atoms with Gasteiger partial charge in [-0.1, -0.05) is 42.5 Å². The van der Waals surface area contributed by atoms with E-state index in [9.17, 15) is 0 Å². The topological polar surface area (TPSA) is 57.4 Å². The van der Waals surface area contributed by atoms with Crippen LogP contribution in [0.25, 0.3) is 11.4 Å². The van der Waals surface area contributed by atoms with E-state index in [0.717, 1.165) is 17.0 Å². The van der Waals surface area contributed by atoms with Gasteiger partial charge in [0.1, 0.15) is 0 Å². The third-order valence-corrected chi connectivity index (χ3v) is 3.53. The van der Waals surface area contributed by atoms with E-state index in [-0.39, 0.29) is 0 Å². The standard InChI is InChI=1S/C16H12N4S/c17-10-12-6-8-13(9-7-12)11-20-15(18-19-16(20)21)14-4-2-1-3-5-14/h1-9H,11H2,(H,19,21). The molecule has 0 amide bonds. The SMILES string of the molecule is N#Cc1ccc(Cn2c(-c3ccccc3)n[nH]c2=S)cc1. The van der Waals surface area contributed by atoms with Crippen LogP contribution in [0.15, 0.2) is 54.6 Å². The van der Waals surface area contributed by atoms with Gasteiger partial charge in [-0.15, -0.1) is 0 Å². The molecular formula is C16H12N4S. The molecule has 1 heterocycles. The molecule has 0 fully saturated rings. The Morgan fingerprint density at radius 2 is 1.81 bits per heavy atom. The fraction of sp³-hybridized carbons (Fsp3) is 0.0625. The number of benzene rings is 2. The minimum Gasteiger partial charge on any atom is -0.296 e. The number of aromatic amines is 1. The van der Waals surface area contributed by atoms with Gasteiger partial charge in [0.25, 0.3) is 0 Å². The van der Waals surface area contributed by atoms with Gasteiger partial charge in [0.05, 0.1) is 18.2 Å². The molecule has 0 aliphatic rings. The molecule has 21 heavy (non-hydrogen) atoms. The van der Waals surface area contributed by atoms with Gasteiger partial charge in [-0.2, -0.15) is 10.4 Å². The van der Waals surface area contributed by atoms with E-state index in [1.165, 1.54) is 0 Å². The molecule has 0 bridgehead atoms. The Balaban J connectivity index is 1.97. The van der Waals surface area contributed by atoms with Gasteiger partial charge in [-0.25, -0.2) is 0 Å². The number of rotatable bonds is 3. The van der Waals surface area contributed by atoms with Crippen molar-refractivity contribution < 1.29 is 0 Å². The summed E-state index contributed by atoms with van der Waals surface area (Å²) in [6, 6.07) is 19.5. The number of aromatic nitrogens is 3. The molecule has 0 radical (unpaired) electrons. The Labute approximate surface area is 127 Å². The summed E-state index contributed by atoms with van der Waals surface area (Å²) in [5.74, 6) is 0.810. The van der Waals surface area contributed by atoms with Crippen LogP contribution in [0.4, 0.5) is 0 Å². The van der Waals surface area contributed by atoms with E-state index in [4.69, 9.17) is 17.5 Å². The zero-order valence-corrected chi connectivity index (χ0v) is 12.0. The van der Waals surface area contributed by atoms with E-state index in [0.29, 0.717) is 16.9 Å². The maximum Gasteiger partial charge on any atom is 0.195 e. The van der Waals surface area contributed by atoms with Crippen molar-refractivity contribution in [3.8, 4) is 17.5 Å². The second-order valence-electron chi connectivity index (χ2n) is 4.61. The molecule has 4 nitrogen and oxygen atoms in total. The molecule has 3 rings (SSSR count). The maximum atomic E-state index is 8.84. The van der Waals surface area contributed by atoms with Crippen molar-refractivity contribution in [3.63, 3.8) is 0 Å². The quantitative estimate of drug-likeness (QED) is 0.751. The van der Waals surface area contributed by atoms with E-state index in [1.54, 1.807) is 12.1 Å². The molecule has 0 saturated heterocycles. The average Bonchev–Trinajstić information content (AvgIpc) is 2.90. The van der Waals surface area contributed by atoms with Crippen molar-refractivity contribution in [2.75, 3.05) is 0 Å². The first-order valence-electron chi connectivity index (χ1n) is 6.47. The minimum absolute atomic E-state index is 0.582. The Bertz CT molecular complexity index is 838. The van der Waals surface area contributed by atoms with Gasteiger partial charge in [0.15, 0.2) is 10.6 Å². The number of nitrogens with zero attached hydrogens (tertiary/aromatic N) is 3. The summed E-state index contributed by atoms with van der Waals surface area (Å²) in [7, 11) is 0. The molecule has 3 aromatic rings. The summed E-state index contributed by atoms with van der Waals surface area (Å²) < 4.78 is 2.53. The summed E-state index contributed by atoms with van der Waals surface area (Å²) in [6.07, 6.45) is 0. The number of hydrogen-bond acceptors (Lipinski definition) is 3. The van der Waals surface area contributed by atoms with Crippen molar-refractivity contribution in [1.29, 1.82) is 5.26 Å². The highest BCUT2D eigenvalue weighted by Gasteiger charge is 2.08. The highest BCUT2D eigenvalue weighted by molar-refractivity contribution is 7.71. The van der Waals surface area contributed by atoms with Crippen LogP contribution in [0.3, 0.4) is 0 Å². The summed E-state index contributed by atoms with van der Waals surface area (Å²) in [5, 5.41) is 16.0. The van der Waals surface area contributed by atoms with Crippen molar-refractivity contribution in [2.24, 2.45) is 0 Å². The molecular weight excluding hydrogens is 280 g/mol. The molecule has 0 aliphatic carbocycles. The lowest BCUT2D eigenvalue weighted by Crippen LogP contribution is -2.02. The Morgan fingerprint density at radius 1 is 1.10 bits per heavy atom. The van der Waals surface area contributed by atoms with Gasteiger partial charge in [-0.05, 0) is 29.9 Å². The smallest absolute Gasteiger partial charge is 0.195 e. The van der Waals surface area contributed by atoms with Crippen LogP contribution in [-0.2, 0) is 6.54 Å². The highest BCUT2D eigenvalue weighted by Crippen LogP contribution is 2.18. The Kier molecular flexibility index (Phi) is 3.63. The monoisotopic (exact) mass is 292 g/mol. The van der Waals surface area contributed by atoms with Crippen molar-refractivity contribution >= 4 is 12.2 Å².